The van der Waals surface area contributed by atoms with Gasteiger partial charge >= 0.3 is 5.97 Å². The first-order valence-electron chi connectivity index (χ1n) is 3.83. The smallest absolute Gasteiger partial charge is 0.309 e. The first-order chi connectivity index (χ1) is 6.91. The van der Waals surface area contributed by atoms with Crippen LogP contribution in [0.1, 0.15) is 17.7 Å². The van der Waals surface area contributed by atoms with E-state index in [1.807, 2.05) is 0 Å². The van der Waals surface area contributed by atoms with Gasteiger partial charge in [-0.15, -0.1) is 0 Å². The average molecular weight is 329 g/mol. The summed E-state index contributed by atoms with van der Waals surface area (Å²) in [4.78, 5) is 23.6. The van der Waals surface area contributed by atoms with Crippen LogP contribution in [-0.2, 0) is 11.2 Å². The molecule has 1 heterocycles. The highest BCUT2D eigenvalue weighted by atomic mass is 127. The number of pyridine rings is 1. The minimum absolute atomic E-state index is 0.137. The van der Waals surface area contributed by atoms with Crippen molar-refractivity contribution in [3.63, 3.8) is 0 Å². The summed E-state index contributed by atoms with van der Waals surface area (Å²) < 4.78 is 24.8. The van der Waals surface area contributed by atoms with Crippen LogP contribution in [0.15, 0.2) is 10.9 Å². The summed E-state index contributed by atoms with van der Waals surface area (Å²) >= 11 is 1.70. The van der Waals surface area contributed by atoms with Gasteiger partial charge < -0.3 is 10.1 Å². The third-order valence-corrected chi connectivity index (χ3v) is 2.62. The molecule has 4 nitrogen and oxygen atoms in total. The Labute approximate surface area is 96.5 Å². The highest BCUT2D eigenvalue weighted by Crippen LogP contribution is 2.18. The molecule has 0 unspecified atom stereocenters. The average Bonchev–Trinajstić information content (AvgIpc) is 2.09. The van der Waals surface area contributed by atoms with Crippen LogP contribution >= 0.6 is 22.6 Å². The summed E-state index contributed by atoms with van der Waals surface area (Å²) in [5.41, 5.74) is -1.45. The second kappa shape index (κ2) is 4.69. The number of carboxylic acid groups (broad SMARTS) is 1. The van der Waals surface area contributed by atoms with Crippen LogP contribution in [0, 0.1) is 3.57 Å². The largest absolute Gasteiger partial charge is 0.481 e. The first kappa shape index (κ1) is 12.1. The molecule has 0 aliphatic rings. The number of hydrogen-bond acceptors (Lipinski definition) is 2. The van der Waals surface area contributed by atoms with E-state index in [4.69, 9.17) is 5.11 Å². The van der Waals surface area contributed by atoms with Crippen LogP contribution in [0.5, 0.6) is 0 Å². The summed E-state index contributed by atoms with van der Waals surface area (Å²) in [5, 5.41) is 8.49. The van der Waals surface area contributed by atoms with Crippen LogP contribution in [0.2, 0.25) is 0 Å². The predicted molar refractivity (Wildman–Crippen MR) is 56.1 cm³/mol. The van der Waals surface area contributed by atoms with Crippen LogP contribution < -0.4 is 5.56 Å². The molecule has 0 saturated carbocycles. The number of aromatic amines is 1. The second-order valence-electron chi connectivity index (χ2n) is 2.75. The Balaban J connectivity index is 3.20. The lowest BCUT2D eigenvalue weighted by atomic mass is 10.2. The molecular weight excluding hydrogens is 323 g/mol. The van der Waals surface area contributed by atoms with Gasteiger partial charge in [-0.25, -0.2) is 8.78 Å². The zero-order valence-corrected chi connectivity index (χ0v) is 9.42. The molecule has 1 aromatic rings. The predicted octanol–water partition coefficient (Wildman–Crippen LogP) is 1.54. The van der Waals surface area contributed by atoms with Crippen molar-refractivity contribution in [2.45, 2.75) is 12.8 Å². The standard InChI is InChI=1S/C8H6F2INO3/c9-7(10)3-1-4(11)5(2-6(13)14)12-8(3)15/h1,7H,2H2,(H,12,15)(H,13,14). The zero-order valence-electron chi connectivity index (χ0n) is 7.26. The molecule has 15 heavy (non-hydrogen) atoms. The highest BCUT2D eigenvalue weighted by Gasteiger charge is 2.15. The number of carbonyl (C=O) groups is 1. The number of halogens is 3. The molecule has 0 radical (unpaired) electrons. The maximum Gasteiger partial charge on any atom is 0.309 e. The zero-order chi connectivity index (χ0) is 11.6. The quantitative estimate of drug-likeness (QED) is 0.827. The molecule has 0 aliphatic heterocycles. The van der Waals surface area contributed by atoms with Gasteiger partial charge in [0, 0.05) is 9.26 Å². The minimum Gasteiger partial charge on any atom is -0.481 e. The lowest BCUT2D eigenvalue weighted by Crippen LogP contribution is -2.18. The molecule has 0 bridgehead atoms. The molecular formula is C8H6F2INO3. The van der Waals surface area contributed by atoms with E-state index in [0.29, 0.717) is 3.57 Å². The first-order valence-corrected chi connectivity index (χ1v) is 4.91. The van der Waals surface area contributed by atoms with Crippen molar-refractivity contribution in [1.82, 2.24) is 4.98 Å². The van der Waals surface area contributed by atoms with Gasteiger partial charge in [0.15, 0.2) is 0 Å². The third kappa shape index (κ3) is 2.98. The molecule has 0 atom stereocenters. The van der Waals surface area contributed by atoms with E-state index < -0.39 is 29.9 Å². The Kier molecular flexibility index (Phi) is 3.77. The summed E-state index contributed by atoms with van der Waals surface area (Å²) in [6, 6.07) is 1.00. The van der Waals surface area contributed by atoms with Crippen LogP contribution in [0.25, 0.3) is 0 Å². The lowest BCUT2D eigenvalue weighted by Gasteiger charge is -2.04. The van der Waals surface area contributed by atoms with Crippen LogP contribution in [0.3, 0.4) is 0 Å². The van der Waals surface area contributed by atoms with Crippen molar-refractivity contribution in [3.8, 4) is 0 Å². The van der Waals surface area contributed by atoms with Crippen molar-refractivity contribution in [3.05, 3.63) is 31.2 Å². The molecule has 0 amide bonds. The summed E-state index contributed by atoms with van der Waals surface area (Å²) in [6.45, 7) is 0. The van der Waals surface area contributed by atoms with Crippen molar-refractivity contribution in [1.29, 1.82) is 0 Å². The van der Waals surface area contributed by atoms with E-state index in [-0.39, 0.29) is 5.69 Å². The van der Waals surface area contributed by atoms with Gasteiger partial charge in [0.1, 0.15) is 0 Å². The number of carboxylic acids is 1. The van der Waals surface area contributed by atoms with Crippen molar-refractivity contribution in [2.75, 3.05) is 0 Å². The Morgan fingerprint density at radius 1 is 1.60 bits per heavy atom. The van der Waals surface area contributed by atoms with Gasteiger partial charge in [0.25, 0.3) is 12.0 Å². The molecule has 0 fully saturated rings. The number of aliphatic carboxylic acids is 1. The normalized spacial score (nSPS) is 10.7. The minimum atomic E-state index is -2.86. The highest BCUT2D eigenvalue weighted by molar-refractivity contribution is 14.1. The summed E-state index contributed by atoms with van der Waals surface area (Å²) in [5.74, 6) is -1.13. The van der Waals surface area contributed by atoms with Gasteiger partial charge in [0.2, 0.25) is 0 Å². The van der Waals surface area contributed by atoms with Gasteiger partial charge in [0.05, 0.1) is 12.0 Å². The maximum absolute atomic E-state index is 12.3. The van der Waals surface area contributed by atoms with Crippen molar-refractivity contribution < 1.29 is 18.7 Å². The fourth-order valence-corrected chi connectivity index (χ4v) is 1.66. The molecule has 1 rings (SSSR count). The summed E-state index contributed by atoms with van der Waals surface area (Å²) in [7, 11) is 0. The maximum atomic E-state index is 12.3. The van der Waals surface area contributed by atoms with E-state index in [0.717, 1.165) is 6.07 Å². The van der Waals surface area contributed by atoms with Gasteiger partial charge in [-0.05, 0) is 28.7 Å². The number of H-pyrrole nitrogens is 1. The lowest BCUT2D eigenvalue weighted by molar-refractivity contribution is -0.136. The Morgan fingerprint density at radius 2 is 2.20 bits per heavy atom. The number of nitrogens with one attached hydrogen (secondary N) is 1. The SMILES string of the molecule is O=C(O)Cc1[nH]c(=O)c(C(F)F)cc1I. The van der Waals surface area contributed by atoms with Gasteiger partial charge in [-0.2, -0.15) is 0 Å². The van der Waals surface area contributed by atoms with E-state index in [1.165, 1.54) is 0 Å². The molecule has 0 saturated heterocycles. The number of hydrogen-bond donors (Lipinski definition) is 2. The number of aromatic nitrogens is 1. The fourth-order valence-electron chi connectivity index (χ4n) is 1.00. The van der Waals surface area contributed by atoms with Gasteiger partial charge in [-0.1, -0.05) is 0 Å². The van der Waals surface area contributed by atoms with E-state index in [9.17, 15) is 18.4 Å². The molecule has 7 heteroatoms. The van der Waals surface area contributed by atoms with E-state index in [1.54, 1.807) is 22.6 Å². The van der Waals surface area contributed by atoms with Crippen LogP contribution in [0.4, 0.5) is 8.78 Å². The second-order valence-corrected chi connectivity index (χ2v) is 3.91. The molecule has 82 valence electrons. The molecule has 1 aromatic heterocycles. The molecule has 0 aliphatic carbocycles. The van der Waals surface area contributed by atoms with Crippen LogP contribution in [-0.4, -0.2) is 16.1 Å². The monoisotopic (exact) mass is 329 g/mol. The third-order valence-electron chi connectivity index (χ3n) is 1.66. The van der Waals surface area contributed by atoms with E-state index >= 15 is 0 Å². The van der Waals surface area contributed by atoms with E-state index in [2.05, 4.69) is 4.98 Å². The van der Waals surface area contributed by atoms with Gasteiger partial charge in [-0.3, -0.25) is 9.59 Å². The molecule has 2 N–H and O–H groups in total. The Hall–Kier alpha value is -0.990. The number of rotatable bonds is 3. The Bertz CT molecular complexity index is 444. The molecule has 0 spiro atoms. The van der Waals surface area contributed by atoms with Crippen molar-refractivity contribution >= 4 is 28.6 Å². The summed E-state index contributed by atoms with van der Waals surface area (Å²) in [6.07, 6.45) is -3.25. The van der Waals surface area contributed by atoms with Crippen molar-refractivity contribution in [2.24, 2.45) is 0 Å². The topological polar surface area (TPSA) is 70.2 Å². The fraction of sp³-hybridized carbons (Fsp3) is 0.250. The Morgan fingerprint density at radius 3 is 2.67 bits per heavy atom. The number of alkyl halides is 2. The molecule has 0 aromatic carbocycles.